The Balaban J connectivity index is 2.29. The van der Waals surface area contributed by atoms with E-state index in [0.717, 1.165) is 0 Å². The van der Waals surface area contributed by atoms with Gasteiger partial charge in [0.15, 0.2) is 0 Å². The normalized spacial score (nSPS) is 21.0. The maximum atomic E-state index is 6.71. The van der Waals surface area contributed by atoms with Gasteiger partial charge in [-0.1, -0.05) is 43.5 Å². The van der Waals surface area contributed by atoms with E-state index in [2.05, 4.69) is 39.0 Å². The van der Waals surface area contributed by atoms with E-state index < -0.39 is 0 Å². The lowest BCUT2D eigenvalue weighted by Gasteiger charge is -2.30. The molecule has 1 atom stereocenters. The van der Waals surface area contributed by atoms with Crippen molar-refractivity contribution < 1.29 is 0 Å². The Morgan fingerprint density at radius 2 is 1.81 bits per heavy atom. The van der Waals surface area contributed by atoms with Crippen molar-refractivity contribution in [2.45, 2.75) is 51.8 Å². The molecule has 0 saturated heterocycles. The Bertz CT molecular complexity index is 375. The summed E-state index contributed by atoms with van der Waals surface area (Å²) in [7, 11) is 0. The summed E-state index contributed by atoms with van der Waals surface area (Å²) < 4.78 is 0. The largest absolute Gasteiger partial charge is 0.117 e. The SMILES string of the molecule is Cc1ccc(C(Cl)C2(C)CCCC2)c(C)c1. The van der Waals surface area contributed by atoms with Gasteiger partial charge in [-0.25, -0.2) is 0 Å². The second-order valence-electron chi connectivity index (χ2n) is 5.58. The van der Waals surface area contributed by atoms with Crippen LogP contribution in [-0.2, 0) is 0 Å². The van der Waals surface area contributed by atoms with Crippen LogP contribution in [0.15, 0.2) is 18.2 Å². The first-order chi connectivity index (χ1) is 7.53. The molecule has 1 aliphatic rings. The van der Waals surface area contributed by atoms with Crippen molar-refractivity contribution >= 4 is 11.6 Å². The lowest BCUT2D eigenvalue weighted by molar-refractivity contribution is 0.321. The number of halogens is 1. The molecular weight excluding hydrogens is 216 g/mol. The lowest BCUT2D eigenvalue weighted by Crippen LogP contribution is -2.18. The molecule has 0 aromatic heterocycles. The molecule has 0 bridgehead atoms. The van der Waals surface area contributed by atoms with Gasteiger partial charge in [-0.15, -0.1) is 11.6 Å². The Kier molecular flexibility index (Phi) is 3.30. The summed E-state index contributed by atoms with van der Waals surface area (Å²) in [5.41, 5.74) is 4.30. The summed E-state index contributed by atoms with van der Waals surface area (Å²) in [6, 6.07) is 6.63. The van der Waals surface area contributed by atoms with Crippen molar-refractivity contribution in [3.05, 3.63) is 34.9 Å². The zero-order valence-electron chi connectivity index (χ0n) is 10.5. The molecule has 88 valence electrons. The summed E-state index contributed by atoms with van der Waals surface area (Å²) in [6.45, 7) is 6.66. The van der Waals surface area contributed by atoms with Gasteiger partial charge in [0.05, 0.1) is 5.38 Å². The van der Waals surface area contributed by atoms with Gasteiger partial charge in [0.2, 0.25) is 0 Å². The third-order valence-electron chi connectivity index (χ3n) is 4.06. The highest BCUT2D eigenvalue weighted by molar-refractivity contribution is 6.21. The standard InChI is InChI=1S/C15H21Cl/c1-11-6-7-13(12(2)10-11)14(16)15(3)8-4-5-9-15/h6-7,10,14H,4-5,8-9H2,1-3H3. The number of rotatable bonds is 2. The van der Waals surface area contributed by atoms with E-state index in [1.165, 1.54) is 42.4 Å². The Morgan fingerprint density at radius 1 is 1.19 bits per heavy atom. The van der Waals surface area contributed by atoms with Crippen LogP contribution in [0.4, 0.5) is 0 Å². The molecule has 1 heteroatoms. The summed E-state index contributed by atoms with van der Waals surface area (Å²) in [6.07, 6.45) is 5.22. The zero-order chi connectivity index (χ0) is 11.8. The predicted molar refractivity (Wildman–Crippen MR) is 71.1 cm³/mol. The van der Waals surface area contributed by atoms with Gasteiger partial charge in [0.25, 0.3) is 0 Å². The molecular formula is C15H21Cl. The molecule has 2 rings (SSSR count). The summed E-state index contributed by atoms with van der Waals surface area (Å²) >= 11 is 6.71. The van der Waals surface area contributed by atoms with Gasteiger partial charge in [0, 0.05) is 0 Å². The molecule has 0 aliphatic heterocycles. The van der Waals surface area contributed by atoms with Gasteiger partial charge in [0.1, 0.15) is 0 Å². The third-order valence-corrected chi connectivity index (χ3v) is 4.82. The Hall–Kier alpha value is -0.490. The molecule has 0 radical (unpaired) electrons. The highest BCUT2D eigenvalue weighted by Crippen LogP contribution is 2.51. The zero-order valence-corrected chi connectivity index (χ0v) is 11.3. The predicted octanol–water partition coefficient (Wildman–Crippen LogP) is 5.16. The van der Waals surface area contributed by atoms with E-state index in [1.54, 1.807) is 0 Å². The van der Waals surface area contributed by atoms with Crippen LogP contribution in [0.25, 0.3) is 0 Å². The molecule has 0 N–H and O–H groups in total. The molecule has 1 unspecified atom stereocenters. The molecule has 0 nitrogen and oxygen atoms in total. The van der Waals surface area contributed by atoms with Gasteiger partial charge in [-0.05, 0) is 43.2 Å². The molecule has 1 aromatic rings. The van der Waals surface area contributed by atoms with Crippen LogP contribution < -0.4 is 0 Å². The van der Waals surface area contributed by atoms with Crippen LogP contribution in [0.1, 0.15) is 54.7 Å². The number of hydrogen-bond acceptors (Lipinski definition) is 0. The van der Waals surface area contributed by atoms with E-state index >= 15 is 0 Å². The Morgan fingerprint density at radius 3 is 2.38 bits per heavy atom. The molecule has 1 aromatic carbocycles. The van der Waals surface area contributed by atoms with Gasteiger partial charge >= 0.3 is 0 Å². The molecule has 0 heterocycles. The van der Waals surface area contributed by atoms with Crippen LogP contribution in [0.2, 0.25) is 0 Å². The summed E-state index contributed by atoms with van der Waals surface area (Å²) in [5, 5.41) is 0.176. The maximum absolute atomic E-state index is 6.71. The Labute approximate surface area is 104 Å². The summed E-state index contributed by atoms with van der Waals surface area (Å²) in [4.78, 5) is 0. The fourth-order valence-corrected chi connectivity index (χ4v) is 3.38. The minimum absolute atomic E-state index is 0.176. The first kappa shape index (κ1) is 12.0. The molecule has 16 heavy (non-hydrogen) atoms. The first-order valence-corrected chi connectivity index (χ1v) is 6.68. The van der Waals surface area contributed by atoms with Crippen molar-refractivity contribution in [1.29, 1.82) is 0 Å². The lowest BCUT2D eigenvalue weighted by atomic mass is 9.80. The summed E-state index contributed by atoms with van der Waals surface area (Å²) in [5.74, 6) is 0. The second-order valence-corrected chi connectivity index (χ2v) is 6.02. The van der Waals surface area contributed by atoms with Crippen molar-refractivity contribution in [2.75, 3.05) is 0 Å². The monoisotopic (exact) mass is 236 g/mol. The van der Waals surface area contributed by atoms with Crippen LogP contribution >= 0.6 is 11.6 Å². The quantitative estimate of drug-likeness (QED) is 0.622. The smallest absolute Gasteiger partial charge is 0.0641 e. The van der Waals surface area contributed by atoms with Crippen molar-refractivity contribution in [2.24, 2.45) is 5.41 Å². The third kappa shape index (κ3) is 2.13. The first-order valence-electron chi connectivity index (χ1n) is 6.24. The topological polar surface area (TPSA) is 0 Å². The van der Waals surface area contributed by atoms with Crippen LogP contribution in [-0.4, -0.2) is 0 Å². The van der Waals surface area contributed by atoms with Crippen molar-refractivity contribution in [3.8, 4) is 0 Å². The minimum Gasteiger partial charge on any atom is -0.117 e. The highest BCUT2D eigenvalue weighted by atomic mass is 35.5. The minimum atomic E-state index is 0.176. The molecule has 1 aliphatic carbocycles. The average Bonchev–Trinajstić information content (AvgIpc) is 2.66. The number of hydrogen-bond donors (Lipinski definition) is 0. The molecule has 0 spiro atoms. The molecule has 1 fully saturated rings. The van der Waals surface area contributed by atoms with E-state index in [0.29, 0.717) is 5.41 Å². The van der Waals surface area contributed by atoms with Gasteiger partial charge in [-0.3, -0.25) is 0 Å². The van der Waals surface area contributed by atoms with Gasteiger partial charge in [-0.2, -0.15) is 0 Å². The maximum Gasteiger partial charge on any atom is 0.0641 e. The number of alkyl halides is 1. The highest BCUT2D eigenvalue weighted by Gasteiger charge is 2.37. The van der Waals surface area contributed by atoms with E-state index in [9.17, 15) is 0 Å². The van der Waals surface area contributed by atoms with Crippen LogP contribution in [0.3, 0.4) is 0 Å². The fourth-order valence-electron chi connectivity index (χ4n) is 2.92. The number of benzene rings is 1. The van der Waals surface area contributed by atoms with Gasteiger partial charge < -0.3 is 0 Å². The van der Waals surface area contributed by atoms with E-state index in [4.69, 9.17) is 11.6 Å². The van der Waals surface area contributed by atoms with Crippen LogP contribution in [0.5, 0.6) is 0 Å². The molecule has 0 amide bonds. The number of aryl methyl sites for hydroxylation is 2. The van der Waals surface area contributed by atoms with E-state index in [1.807, 2.05) is 0 Å². The van der Waals surface area contributed by atoms with Crippen molar-refractivity contribution in [3.63, 3.8) is 0 Å². The second kappa shape index (κ2) is 4.41. The van der Waals surface area contributed by atoms with E-state index in [-0.39, 0.29) is 5.38 Å². The fraction of sp³-hybridized carbons (Fsp3) is 0.600. The van der Waals surface area contributed by atoms with Crippen molar-refractivity contribution in [1.82, 2.24) is 0 Å². The molecule has 1 saturated carbocycles. The van der Waals surface area contributed by atoms with Crippen LogP contribution in [0, 0.1) is 19.3 Å². The average molecular weight is 237 g/mol.